The fraction of sp³-hybridized carbons (Fsp3) is 0.0500. The van der Waals surface area contributed by atoms with Crippen molar-refractivity contribution in [1.29, 1.82) is 0 Å². The van der Waals surface area contributed by atoms with Gasteiger partial charge in [-0.25, -0.2) is 4.79 Å². The number of pyridine rings is 2. The van der Waals surface area contributed by atoms with Crippen molar-refractivity contribution in [2.75, 3.05) is 0 Å². The Balaban J connectivity index is 0.000000157. The molecular weight excluding hydrogens is 336 g/mol. The number of para-hydroxylation sites is 1. The summed E-state index contributed by atoms with van der Waals surface area (Å²) < 4.78 is 0. The number of benzene rings is 2. The zero-order chi connectivity index (χ0) is 17.8. The van der Waals surface area contributed by atoms with Crippen molar-refractivity contribution in [1.82, 2.24) is 9.97 Å². The van der Waals surface area contributed by atoms with E-state index in [0.29, 0.717) is 5.52 Å². The molecule has 4 rings (SSSR count). The number of carbonyl (C=O) groups is 1. The number of carboxylic acids is 1. The van der Waals surface area contributed by atoms with Crippen molar-refractivity contribution in [2.45, 2.75) is 6.92 Å². The number of halogens is 1. The lowest BCUT2D eigenvalue weighted by atomic mass is 10.1. The molecule has 1 N–H and O–H groups in total. The number of nitrogens with zero attached hydrogens (tertiary/aromatic N) is 2. The number of fused-ring (bicyclic) bond motifs is 2. The Labute approximate surface area is 149 Å². The molecule has 0 saturated heterocycles. The van der Waals surface area contributed by atoms with E-state index in [9.17, 15) is 4.79 Å². The minimum Gasteiger partial charge on any atom is -0.478 e. The van der Waals surface area contributed by atoms with Crippen LogP contribution in [0.5, 0.6) is 0 Å². The minimum absolute atomic E-state index is 0.0640. The maximum atomic E-state index is 11.0. The van der Waals surface area contributed by atoms with Gasteiger partial charge in [0.05, 0.1) is 16.1 Å². The first-order chi connectivity index (χ1) is 12.1. The van der Waals surface area contributed by atoms with Gasteiger partial charge in [0.15, 0.2) is 0 Å². The number of rotatable bonds is 1. The Morgan fingerprint density at radius 3 is 2.52 bits per heavy atom. The van der Waals surface area contributed by atoms with Crippen LogP contribution in [0.1, 0.15) is 15.9 Å². The van der Waals surface area contributed by atoms with Crippen LogP contribution in [0, 0.1) is 6.92 Å². The number of aromatic carboxylic acids is 1. The highest BCUT2D eigenvalue weighted by atomic mass is 35.5. The van der Waals surface area contributed by atoms with Crippen LogP contribution in [0.4, 0.5) is 0 Å². The van der Waals surface area contributed by atoms with Crippen LogP contribution in [0.3, 0.4) is 0 Å². The van der Waals surface area contributed by atoms with E-state index in [4.69, 9.17) is 16.7 Å². The third-order valence-electron chi connectivity index (χ3n) is 3.66. The van der Waals surface area contributed by atoms with Crippen molar-refractivity contribution in [3.63, 3.8) is 0 Å². The molecule has 0 saturated carbocycles. The van der Waals surface area contributed by atoms with E-state index in [0.717, 1.165) is 16.5 Å². The van der Waals surface area contributed by atoms with Gasteiger partial charge < -0.3 is 5.11 Å². The van der Waals surface area contributed by atoms with Gasteiger partial charge in [-0.2, -0.15) is 0 Å². The Kier molecular flexibility index (Phi) is 4.91. The number of hydrogen-bond donors (Lipinski definition) is 1. The molecule has 0 unspecified atom stereocenters. The van der Waals surface area contributed by atoms with Crippen molar-refractivity contribution in [3.05, 3.63) is 83.1 Å². The number of carboxylic acid groups (broad SMARTS) is 1. The molecule has 0 radical (unpaired) electrons. The van der Waals surface area contributed by atoms with Gasteiger partial charge >= 0.3 is 5.97 Å². The average Bonchev–Trinajstić information content (AvgIpc) is 2.62. The summed E-state index contributed by atoms with van der Waals surface area (Å²) in [7, 11) is 0. The molecule has 0 aliphatic heterocycles. The fourth-order valence-electron chi connectivity index (χ4n) is 2.51. The van der Waals surface area contributed by atoms with E-state index >= 15 is 0 Å². The monoisotopic (exact) mass is 350 g/mol. The number of aryl methyl sites for hydroxylation is 1. The number of aromatic nitrogens is 2. The molecule has 5 heteroatoms. The summed E-state index contributed by atoms with van der Waals surface area (Å²) >= 11 is 5.82. The van der Waals surface area contributed by atoms with Gasteiger partial charge in [-0.05, 0) is 36.8 Å². The Morgan fingerprint density at radius 1 is 1.00 bits per heavy atom. The van der Waals surface area contributed by atoms with Gasteiger partial charge in [0, 0.05) is 23.2 Å². The molecule has 2 aromatic heterocycles. The lowest BCUT2D eigenvalue weighted by Crippen LogP contribution is -2.00. The minimum atomic E-state index is -1.05. The standard InChI is InChI=1S/C11H8ClNO2.C9H7N/c1-6-4-7-2-3-8(12)9(11(14)15)10(7)13-5-6;1-2-6-9-8(4-1)5-3-7-10-9/h2-5H,1H3,(H,14,15);1-7H. The molecule has 124 valence electrons. The van der Waals surface area contributed by atoms with E-state index in [1.807, 2.05) is 43.5 Å². The Bertz CT molecular complexity index is 998. The first-order valence-electron chi connectivity index (χ1n) is 7.64. The highest BCUT2D eigenvalue weighted by Crippen LogP contribution is 2.25. The summed E-state index contributed by atoms with van der Waals surface area (Å²) in [5.41, 5.74) is 2.54. The molecule has 4 aromatic rings. The molecule has 0 atom stereocenters. The zero-order valence-electron chi connectivity index (χ0n) is 13.5. The summed E-state index contributed by atoms with van der Waals surface area (Å²) in [6, 6.07) is 17.3. The van der Waals surface area contributed by atoms with Crippen molar-refractivity contribution < 1.29 is 9.90 Å². The molecule has 0 amide bonds. The molecule has 2 heterocycles. The lowest BCUT2D eigenvalue weighted by Gasteiger charge is -2.04. The topological polar surface area (TPSA) is 63.1 Å². The molecule has 4 nitrogen and oxygen atoms in total. The van der Waals surface area contributed by atoms with Crippen LogP contribution >= 0.6 is 11.6 Å². The smallest absolute Gasteiger partial charge is 0.339 e. The summed E-state index contributed by atoms with van der Waals surface area (Å²) in [4.78, 5) is 19.3. The summed E-state index contributed by atoms with van der Waals surface area (Å²) in [6.07, 6.45) is 3.44. The molecule has 2 aromatic carbocycles. The Hall–Kier alpha value is -2.98. The molecule has 0 bridgehead atoms. The maximum Gasteiger partial charge on any atom is 0.339 e. The van der Waals surface area contributed by atoms with E-state index in [2.05, 4.69) is 22.1 Å². The molecule has 25 heavy (non-hydrogen) atoms. The maximum absolute atomic E-state index is 11.0. The molecule has 0 aliphatic rings. The first-order valence-corrected chi connectivity index (χ1v) is 8.02. The van der Waals surface area contributed by atoms with Gasteiger partial charge in [-0.3, -0.25) is 9.97 Å². The van der Waals surface area contributed by atoms with E-state index in [-0.39, 0.29) is 10.6 Å². The predicted molar refractivity (Wildman–Crippen MR) is 100 cm³/mol. The summed E-state index contributed by atoms with van der Waals surface area (Å²) in [6.45, 7) is 1.90. The second-order valence-electron chi connectivity index (χ2n) is 5.51. The Morgan fingerprint density at radius 2 is 1.76 bits per heavy atom. The molecular formula is C20H15ClN2O2. The summed E-state index contributed by atoms with van der Waals surface area (Å²) in [5.74, 6) is -1.05. The quantitative estimate of drug-likeness (QED) is 0.517. The lowest BCUT2D eigenvalue weighted by molar-refractivity contribution is 0.0699. The van der Waals surface area contributed by atoms with Crippen LogP contribution in [-0.2, 0) is 0 Å². The van der Waals surface area contributed by atoms with Crippen LogP contribution in [0.15, 0.2) is 67.0 Å². The van der Waals surface area contributed by atoms with E-state index < -0.39 is 5.97 Å². The van der Waals surface area contributed by atoms with Crippen molar-refractivity contribution in [2.24, 2.45) is 0 Å². The predicted octanol–water partition coefficient (Wildman–Crippen LogP) is 5.13. The average molecular weight is 351 g/mol. The summed E-state index contributed by atoms with van der Waals surface area (Å²) in [5, 5.41) is 11.2. The van der Waals surface area contributed by atoms with Crippen LogP contribution in [0.25, 0.3) is 21.8 Å². The second kappa shape index (κ2) is 7.28. The van der Waals surface area contributed by atoms with Crippen molar-refractivity contribution in [3.8, 4) is 0 Å². The normalized spacial score (nSPS) is 10.3. The van der Waals surface area contributed by atoms with Gasteiger partial charge in [-0.15, -0.1) is 0 Å². The van der Waals surface area contributed by atoms with Crippen LogP contribution in [-0.4, -0.2) is 21.0 Å². The molecule has 0 fully saturated rings. The molecule has 0 spiro atoms. The van der Waals surface area contributed by atoms with E-state index in [1.54, 1.807) is 18.3 Å². The van der Waals surface area contributed by atoms with Crippen LogP contribution < -0.4 is 0 Å². The third kappa shape index (κ3) is 3.75. The molecule has 0 aliphatic carbocycles. The second-order valence-corrected chi connectivity index (χ2v) is 5.92. The largest absolute Gasteiger partial charge is 0.478 e. The zero-order valence-corrected chi connectivity index (χ0v) is 14.2. The third-order valence-corrected chi connectivity index (χ3v) is 3.98. The highest BCUT2D eigenvalue weighted by Gasteiger charge is 2.14. The van der Waals surface area contributed by atoms with Crippen molar-refractivity contribution >= 4 is 39.4 Å². The van der Waals surface area contributed by atoms with Crippen LogP contribution in [0.2, 0.25) is 5.02 Å². The van der Waals surface area contributed by atoms with Gasteiger partial charge in [0.25, 0.3) is 0 Å². The van der Waals surface area contributed by atoms with Gasteiger partial charge in [0.1, 0.15) is 5.56 Å². The first kappa shape index (κ1) is 16.9. The number of hydrogen-bond acceptors (Lipinski definition) is 3. The highest BCUT2D eigenvalue weighted by molar-refractivity contribution is 6.35. The van der Waals surface area contributed by atoms with E-state index in [1.165, 1.54) is 5.39 Å². The van der Waals surface area contributed by atoms with Gasteiger partial charge in [0.2, 0.25) is 0 Å². The van der Waals surface area contributed by atoms with Gasteiger partial charge in [-0.1, -0.05) is 41.9 Å². The SMILES string of the molecule is Cc1cnc2c(C(=O)O)c(Cl)ccc2c1.c1ccc2ncccc2c1. The fourth-order valence-corrected chi connectivity index (χ4v) is 2.74.